The first kappa shape index (κ1) is 23.7. The molecular weight excluding hydrogens is 433 g/mol. The van der Waals surface area contributed by atoms with Crippen LogP contribution in [0.5, 0.6) is 0 Å². The molecule has 2 aromatic carbocycles. The fourth-order valence-corrected chi connectivity index (χ4v) is 3.63. The third-order valence-corrected chi connectivity index (χ3v) is 5.31. The molecule has 0 bridgehead atoms. The molecule has 2 N–H and O–H groups in total. The number of carbonyl (C=O) groups is 1. The number of rotatable bonds is 8. The van der Waals surface area contributed by atoms with E-state index in [1.807, 2.05) is 0 Å². The Morgan fingerprint density at radius 1 is 1.03 bits per heavy atom. The zero-order valence-electron chi connectivity index (χ0n) is 17.7. The maximum atomic E-state index is 13.7. The molecule has 3 aromatic rings. The first-order valence-corrected chi connectivity index (χ1v) is 10.6. The molecule has 4 rings (SSSR count). The number of hydrogen-bond acceptors (Lipinski definition) is 6. The number of halogens is 2. The van der Waals surface area contributed by atoms with Crippen molar-refractivity contribution in [1.29, 1.82) is 0 Å². The molecule has 0 saturated carbocycles. The number of likely N-dealkylation sites (tertiary alicyclic amines) is 1. The van der Waals surface area contributed by atoms with Crippen molar-refractivity contribution in [3.63, 3.8) is 0 Å². The number of nitrogens with one attached hydrogen (secondary N) is 2. The first-order chi connectivity index (χ1) is 15.2. The molecule has 1 aliphatic heterocycles. The molecule has 1 fully saturated rings. The summed E-state index contributed by atoms with van der Waals surface area (Å²) in [4.78, 5) is 14.7. The minimum Gasteiger partial charge on any atom is -0.403 e. The summed E-state index contributed by atoms with van der Waals surface area (Å²) in [6, 6.07) is 13.2. The maximum Gasteiger partial charge on any atom is 0.315 e. The average Bonchev–Trinajstić information content (AvgIpc) is 3.27. The van der Waals surface area contributed by atoms with Gasteiger partial charge in [-0.15, -0.1) is 17.5 Å². The van der Waals surface area contributed by atoms with E-state index in [9.17, 15) is 9.18 Å². The third-order valence-electron chi connectivity index (χ3n) is 5.31. The molecule has 1 aliphatic rings. The SMILES string of the molecule is Cl.O=C(Nc1ccc(-c2nnc(NCCCN3CCCCC3)o2)cc1)c1ccccc1F. The van der Waals surface area contributed by atoms with Crippen LogP contribution in [-0.4, -0.2) is 47.2 Å². The molecular formula is C23H27ClFN5O2. The van der Waals surface area contributed by atoms with Crippen molar-refractivity contribution in [1.82, 2.24) is 15.1 Å². The van der Waals surface area contributed by atoms with Gasteiger partial charge in [0.2, 0.25) is 5.89 Å². The van der Waals surface area contributed by atoms with Crippen LogP contribution < -0.4 is 10.6 Å². The van der Waals surface area contributed by atoms with Crippen molar-refractivity contribution in [2.75, 3.05) is 36.8 Å². The van der Waals surface area contributed by atoms with Gasteiger partial charge in [-0.3, -0.25) is 4.79 Å². The largest absolute Gasteiger partial charge is 0.403 e. The average molecular weight is 460 g/mol. The number of aromatic nitrogens is 2. The topological polar surface area (TPSA) is 83.3 Å². The highest BCUT2D eigenvalue weighted by molar-refractivity contribution is 6.04. The van der Waals surface area contributed by atoms with Crippen LogP contribution in [0.25, 0.3) is 11.5 Å². The second-order valence-electron chi connectivity index (χ2n) is 7.61. The second-order valence-corrected chi connectivity index (χ2v) is 7.61. The van der Waals surface area contributed by atoms with Gasteiger partial charge < -0.3 is 20.0 Å². The Morgan fingerprint density at radius 2 is 1.78 bits per heavy atom. The zero-order valence-corrected chi connectivity index (χ0v) is 18.5. The zero-order chi connectivity index (χ0) is 21.5. The van der Waals surface area contributed by atoms with Gasteiger partial charge in [0.1, 0.15) is 5.82 Å². The third kappa shape index (κ3) is 6.27. The van der Waals surface area contributed by atoms with E-state index in [0.717, 1.165) is 25.1 Å². The number of nitrogens with zero attached hydrogens (tertiary/aromatic N) is 3. The van der Waals surface area contributed by atoms with Crippen LogP contribution in [0.3, 0.4) is 0 Å². The van der Waals surface area contributed by atoms with E-state index < -0.39 is 11.7 Å². The summed E-state index contributed by atoms with van der Waals surface area (Å²) in [5.41, 5.74) is 1.28. The van der Waals surface area contributed by atoms with Crippen molar-refractivity contribution in [2.24, 2.45) is 0 Å². The van der Waals surface area contributed by atoms with E-state index in [0.29, 0.717) is 17.6 Å². The minimum atomic E-state index is -0.557. The number of carbonyl (C=O) groups excluding carboxylic acids is 1. The highest BCUT2D eigenvalue weighted by Gasteiger charge is 2.13. The summed E-state index contributed by atoms with van der Waals surface area (Å²) >= 11 is 0. The quantitative estimate of drug-likeness (QED) is 0.469. The number of amides is 1. The van der Waals surface area contributed by atoms with Crippen LogP contribution in [0.1, 0.15) is 36.0 Å². The van der Waals surface area contributed by atoms with Crippen molar-refractivity contribution in [3.05, 3.63) is 59.9 Å². The molecule has 170 valence electrons. The number of anilines is 2. The van der Waals surface area contributed by atoms with Gasteiger partial charge in [0, 0.05) is 17.8 Å². The van der Waals surface area contributed by atoms with E-state index in [1.54, 1.807) is 36.4 Å². The lowest BCUT2D eigenvalue weighted by atomic mass is 10.1. The molecule has 0 spiro atoms. The smallest absolute Gasteiger partial charge is 0.315 e. The molecule has 1 amide bonds. The van der Waals surface area contributed by atoms with Crippen LogP contribution in [0.15, 0.2) is 52.9 Å². The van der Waals surface area contributed by atoms with Crippen LogP contribution >= 0.6 is 12.4 Å². The van der Waals surface area contributed by atoms with Gasteiger partial charge >= 0.3 is 6.01 Å². The minimum absolute atomic E-state index is 0. The molecule has 1 aromatic heterocycles. The monoisotopic (exact) mass is 459 g/mol. The predicted octanol–water partition coefficient (Wildman–Crippen LogP) is 4.84. The lowest BCUT2D eigenvalue weighted by Crippen LogP contribution is -2.31. The second kappa shape index (κ2) is 11.6. The van der Waals surface area contributed by atoms with Crippen LogP contribution in [0.2, 0.25) is 0 Å². The standard InChI is InChI=1S/C23H26FN5O2.ClH/c24-20-8-3-2-7-19(20)21(30)26-18-11-9-17(10-12-18)22-27-28-23(31-22)25-13-6-16-29-14-4-1-5-15-29;/h2-3,7-12H,1,4-6,13-16H2,(H,25,28)(H,26,30);1H. The lowest BCUT2D eigenvalue weighted by Gasteiger charge is -2.26. The van der Waals surface area contributed by atoms with Crippen molar-refractivity contribution >= 4 is 30.0 Å². The van der Waals surface area contributed by atoms with E-state index in [-0.39, 0.29) is 18.0 Å². The Labute approximate surface area is 192 Å². The van der Waals surface area contributed by atoms with Crippen LogP contribution in [-0.2, 0) is 0 Å². The Morgan fingerprint density at radius 3 is 2.53 bits per heavy atom. The fraction of sp³-hybridized carbons (Fsp3) is 0.348. The summed E-state index contributed by atoms with van der Waals surface area (Å²) in [6.45, 7) is 4.25. The highest BCUT2D eigenvalue weighted by Crippen LogP contribution is 2.22. The Balaban J connectivity index is 0.00000289. The van der Waals surface area contributed by atoms with Gasteiger partial charge in [0.25, 0.3) is 5.91 Å². The molecule has 0 unspecified atom stereocenters. The summed E-state index contributed by atoms with van der Waals surface area (Å²) in [6.07, 6.45) is 4.96. The molecule has 1 saturated heterocycles. The lowest BCUT2D eigenvalue weighted by molar-refractivity contribution is 0.102. The van der Waals surface area contributed by atoms with Gasteiger partial charge in [-0.1, -0.05) is 23.7 Å². The molecule has 0 radical (unpaired) electrons. The molecule has 9 heteroatoms. The Hall–Kier alpha value is -2.97. The number of benzene rings is 2. The van der Waals surface area contributed by atoms with Crippen LogP contribution in [0, 0.1) is 5.82 Å². The predicted molar refractivity (Wildman–Crippen MR) is 125 cm³/mol. The normalized spacial score (nSPS) is 13.9. The van der Waals surface area contributed by atoms with Gasteiger partial charge in [-0.25, -0.2) is 4.39 Å². The molecule has 2 heterocycles. The van der Waals surface area contributed by atoms with E-state index in [2.05, 4.69) is 25.7 Å². The maximum absolute atomic E-state index is 13.7. The van der Waals surface area contributed by atoms with E-state index >= 15 is 0 Å². The van der Waals surface area contributed by atoms with Crippen molar-refractivity contribution in [3.8, 4) is 11.5 Å². The first-order valence-electron chi connectivity index (χ1n) is 10.6. The molecule has 32 heavy (non-hydrogen) atoms. The number of hydrogen-bond donors (Lipinski definition) is 2. The van der Waals surface area contributed by atoms with Gasteiger partial charge in [-0.2, -0.15) is 0 Å². The van der Waals surface area contributed by atoms with Crippen LogP contribution in [0.4, 0.5) is 16.1 Å². The highest BCUT2D eigenvalue weighted by atomic mass is 35.5. The van der Waals surface area contributed by atoms with Gasteiger partial charge in [-0.05, 0) is 75.3 Å². The summed E-state index contributed by atoms with van der Waals surface area (Å²) < 4.78 is 19.4. The van der Waals surface area contributed by atoms with E-state index in [1.165, 1.54) is 44.5 Å². The summed E-state index contributed by atoms with van der Waals surface area (Å²) in [5, 5.41) is 14.0. The molecule has 0 aliphatic carbocycles. The summed E-state index contributed by atoms with van der Waals surface area (Å²) in [5.74, 6) is -0.663. The fourth-order valence-electron chi connectivity index (χ4n) is 3.63. The van der Waals surface area contributed by atoms with Crippen molar-refractivity contribution < 1.29 is 13.6 Å². The number of piperidine rings is 1. The molecule has 7 nitrogen and oxygen atoms in total. The Bertz CT molecular complexity index is 1010. The van der Waals surface area contributed by atoms with Gasteiger partial charge in [0.15, 0.2) is 0 Å². The van der Waals surface area contributed by atoms with Crippen molar-refractivity contribution in [2.45, 2.75) is 25.7 Å². The Kier molecular flexibility index (Phi) is 8.58. The summed E-state index contributed by atoms with van der Waals surface area (Å²) in [7, 11) is 0. The van der Waals surface area contributed by atoms with E-state index in [4.69, 9.17) is 4.42 Å². The molecule has 0 atom stereocenters. The van der Waals surface area contributed by atoms with Gasteiger partial charge in [0.05, 0.1) is 5.56 Å².